The summed E-state index contributed by atoms with van der Waals surface area (Å²) in [5, 5.41) is 0. The minimum Gasteiger partial charge on any atom is -0.271 e. The Balaban J connectivity index is 1.97. The van der Waals surface area contributed by atoms with Crippen molar-refractivity contribution >= 4 is 11.8 Å². The van der Waals surface area contributed by atoms with Gasteiger partial charge in [0.15, 0.2) is 0 Å². The minimum absolute atomic E-state index is 0.405. The van der Waals surface area contributed by atoms with Crippen molar-refractivity contribution in [2.45, 2.75) is 38.1 Å². The standard InChI is InChI=1S/C14H22N2S/c1-17-8-7-14(16-15)10-11-5-6-12-3-2-4-13(12)9-11/h5-6,9,14,16H,2-4,7-8,10,15H2,1H3. The van der Waals surface area contributed by atoms with E-state index in [1.54, 1.807) is 11.1 Å². The van der Waals surface area contributed by atoms with Crippen LogP contribution in [0.15, 0.2) is 18.2 Å². The van der Waals surface area contributed by atoms with Gasteiger partial charge in [-0.1, -0.05) is 18.2 Å². The molecule has 1 aliphatic carbocycles. The minimum atomic E-state index is 0.405. The van der Waals surface area contributed by atoms with E-state index in [2.05, 4.69) is 29.9 Å². The van der Waals surface area contributed by atoms with E-state index in [1.807, 2.05) is 11.8 Å². The smallest absolute Gasteiger partial charge is 0.0258 e. The lowest BCUT2D eigenvalue weighted by atomic mass is 10.00. The van der Waals surface area contributed by atoms with E-state index in [0.717, 1.165) is 12.8 Å². The molecule has 2 rings (SSSR count). The molecule has 1 aliphatic rings. The van der Waals surface area contributed by atoms with Crippen LogP contribution in [0.3, 0.4) is 0 Å². The Labute approximate surface area is 108 Å². The summed E-state index contributed by atoms with van der Waals surface area (Å²) < 4.78 is 0. The number of hydrogen-bond donors (Lipinski definition) is 2. The van der Waals surface area contributed by atoms with Gasteiger partial charge in [-0.25, -0.2) is 0 Å². The van der Waals surface area contributed by atoms with Gasteiger partial charge in [-0.15, -0.1) is 0 Å². The van der Waals surface area contributed by atoms with Crippen molar-refractivity contribution in [3.63, 3.8) is 0 Å². The maximum Gasteiger partial charge on any atom is 0.0258 e. The Morgan fingerprint density at radius 2 is 2.18 bits per heavy atom. The Hall–Kier alpha value is -0.510. The normalized spacial score (nSPS) is 15.9. The first-order valence-corrected chi connectivity index (χ1v) is 7.78. The molecule has 0 saturated carbocycles. The average molecular weight is 250 g/mol. The fraction of sp³-hybridized carbons (Fsp3) is 0.571. The SMILES string of the molecule is CSCCC(Cc1ccc2c(c1)CCC2)NN. The predicted molar refractivity (Wildman–Crippen MR) is 76.3 cm³/mol. The summed E-state index contributed by atoms with van der Waals surface area (Å²) in [7, 11) is 0. The molecule has 1 unspecified atom stereocenters. The van der Waals surface area contributed by atoms with Crippen molar-refractivity contribution in [3.8, 4) is 0 Å². The monoisotopic (exact) mass is 250 g/mol. The molecule has 0 saturated heterocycles. The number of nitrogens with one attached hydrogen (secondary N) is 1. The van der Waals surface area contributed by atoms with Crippen molar-refractivity contribution < 1.29 is 0 Å². The lowest BCUT2D eigenvalue weighted by molar-refractivity contribution is 0.514. The number of fused-ring (bicyclic) bond motifs is 1. The second-order valence-electron chi connectivity index (χ2n) is 4.81. The third-order valence-electron chi connectivity index (χ3n) is 3.55. The summed E-state index contributed by atoms with van der Waals surface area (Å²) in [5.74, 6) is 6.78. The molecule has 0 fully saturated rings. The van der Waals surface area contributed by atoms with Gasteiger partial charge in [0.05, 0.1) is 0 Å². The van der Waals surface area contributed by atoms with Crippen LogP contribution in [0.4, 0.5) is 0 Å². The van der Waals surface area contributed by atoms with Crippen molar-refractivity contribution in [2.75, 3.05) is 12.0 Å². The summed E-state index contributed by atoms with van der Waals surface area (Å²) in [6.07, 6.45) is 8.17. The average Bonchev–Trinajstić information content (AvgIpc) is 2.81. The van der Waals surface area contributed by atoms with E-state index < -0.39 is 0 Å². The summed E-state index contributed by atoms with van der Waals surface area (Å²) in [4.78, 5) is 0. The Kier molecular flexibility index (Phi) is 4.89. The quantitative estimate of drug-likeness (QED) is 0.601. The molecule has 0 heterocycles. The van der Waals surface area contributed by atoms with E-state index in [-0.39, 0.29) is 0 Å². The lowest BCUT2D eigenvalue weighted by Crippen LogP contribution is -2.37. The van der Waals surface area contributed by atoms with Crippen LogP contribution in [0.5, 0.6) is 0 Å². The molecule has 3 N–H and O–H groups in total. The molecular formula is C14H22N2S. The largest absolute Gasteiger partial charge is 0.271 e. The maximum absolute atomic E-state index is 5.61. The third-order valence-corrected chi connectivity index (χ3v) is 4.20. The summed E-state index contributed by atoms with van der Waals surface area (Å²) >= 11 is 1.88. The highest BCUT2D eigenvalue weighted by molar-refractivity contribution is 7.98. The van der Waals surface area contributed by atoms with E-state index in [9.17, 15) is 0 Å². The van der Waals surface area contributed by atoms with Crippen molar-refractivity contribution in [3.05, 3.63) is 34.9 Å². The molecule has 1 atom stereocenters. The van der Waals surface area contributed by atoms with Gasteiger partial charge in [-0.2, -0.15) is 11.8 Å². The first kappa shape index (κ1) is 12.9. The number of thioether (sulfide) groups is 1. The number of hydrazine groups is 1. The Morgan fingerprint density at radius 3 is 2.94 bits per heavy atom. The molecule has 94 valence electrons. The van der Waals surface area contributed by atoms with Gasteiger partial charge < -0.3 is 0 Å². The second-order valence-corrected chi connectivity index (χ2v) is 5.79. The van der Waals surface area contributed by atoms with Crippen LogP contribution < -0.4 is 11.3 Å². The van der Waals surface area contributed by atoms with E-state index >= 15 is 0 Å². The van der Waals surface area contributed by atoms with Gasteiger partial charge in [-0.3, -0.25) is 11.3 Å². The molecule has 0 aliphatic heterocycles. The van der Waals surface area contributed by atoms with E-state index in [1.165, 1.54) is 30.6 Å². The van der Waals surface area contributed by atoms with Crippen molar-refractivity contribution in [2.24, 2.45) is 5.84 Å². The van der Waals surface area contributed by atoms with E-state index in [4.69, 9.17) is 5.84 Å². The molecule has 1 aromatic carbocycles. The van der Waals surface area contributed by atoms with Gasteiger partial charge in [0, 0.05) is 6.04 Å². The van der Waals surface area contributed by atoms with Crippen LogP contribution in [-0.2, 0) is 19.3 Å². The zero-order chi connectivity index (χ0) is 12.1. The maximum atomic E-state index is 5.61. The third kappa shape index (κ3) is 3.47. The Morgan fingerprint density at radius 1 is 1.35 bits per heavy atom. The number of rotatable bonds is 6. The summed E-state index contributed by atoms with van der Waals surface area (Å²) in [6.45, 7) is 0. The molecule has 0 bridgehead atoms. The molecule has 2 nitrogen and oxygen atoms in total. The topological polar surface area (TPSA) is 38.0 Å². The first-order chi connectivity index (χ1) is 8.33. The van der Waals surface area contributed by atoms with Crippen LogP contribution in [0, 0.1) is 0 Å². The fourth-order valence-corrected chi connectivity index (χ4v) is 3.06. The Bertz CT molecular complexity index is 365. The van der Waals surface area contributed by atoms with Gasteiger partial charge in [0.25, 0.3) is 0 Å². The van der Waals surface area contributed by atoms with Crippen LogP contribution in [0.25, 0.3) is 0 Å². The highest BCUT2D eigenvalue weighted by atomic mass is 32.2. The highest BCUT2D eigenvalue weighted by Gasteiger charge is 2.13. The van der Waals surface area contributed by atoms with Crippen LogP contribution in [0.2, 0.25) is 0 Å². The number of aryl methyl sites for hydroxylation is 2. The van der Waals surface area contributed by atoms with Crippen molar-refractivity contribution in [1.82, 2.24) is 5.43 Å². The van der Waals surface area contributed by atoms with Crippen LogP contribution in [-0.4, -0.2) is 18.1 Å². The fourth-order valence-electron chi connectivity index (χ4n) is 2.54. The van der Waals surface area contributed by atoms with Crippen LogP contribution >= 0.6 is 11.8 Å². The van der Waals surface area contributed by atoms with Gasteiger partial charge >= 0.3 is 0 Å². The van der Waals surface area contributed by atoms with Gasteiger partial charge in [0.1, 0.15) is 0 Å². The number of nitrogens with two attached hydrogens (primary N) is 1. The molecule has 0 radical (unpaired) electrons. The predicted octanol–water partition coefficient (Wildman–Crippen LogP) is 2.30. The van der Waals surface area contributed by atoms with Crippen LogP contribution in [0.1, 0.15) is 29.5 Å². The van der Waals surface area contributed by atoms with Gasteiger partial charge in [0.2, 0.25) is 0 Å². The summed E-state index contributed by atoms with van der Waals surface area (Å²) in [6, 6.07) is 7.36. The summed E-state index contributed by atoms with van der Waals surface area (Å²) in [5.41, 5.74) is 7.47. The zero-order valence-corrected chi connectivity index (χ0v) is 11.4. The molecule has 0 spiro atoms. The number of hydrogen-bond acceptors (Lipinski definition) is 3. The molecule has 17 heavy (non-hydrogen) atoms. The zero-order valence-electron chi connectivity index (χ0n) is 10.5. The van der Waals surface area contributed by atoms with Gasteiger partial charge in [-0.05, 0) is 60.8 Å². The van der Waals surface area contributed by atoms with E-state index in [0.29, 0.717) is 6.04 Å². The molecule has 1 aromatic rings. The molecule has 0 amide bonds. The first-order valence-electron chi connectivity index (χ1n) is 6.39. The van der Waals surface area contributed by atoms with Crippen molar-refractivity contribution in [1.29, 1.82) is 0 Å². The molecular weight excluding hydrogens is 228 g/mol. The second kappa shape index (κ2) is 6.43. The lowest BCUT2D eigenvalue weighted by Gasteiger charge is -2.16. The molecule has 3 heteroatoms. The number of benzene rings is 1. The highest BCUT2D eigenvalue weighted by Crippen LogP contribution is 2.23. The molecule has 0 aromatic heterocycles.